The van der Waals surface area contributed by atoms with Crippen LogP contribution >= 0.6 is 0 Å². The fourth-order valence-corrected chi connectivity index (χ4v) is 1.16. The smallest absolute Gasteiger partial charge is 0.189 e. The van der Waals surface area contributed by atoms with Gasteiger partial charge in [0.15, 0.2) is 11.8 Å². The van der Waals surface area contributed by atoms with Crippen LogP contribution in [-0.4, -0.2) is 26.8 Å². The van der Waals surface area contributed by atoms with Crippen LogP contribution in [0.1, 0.15) is 26.6 Å². The number of nitrogens with one attached hydrogen (secondary N) is 1. The van der Waals surface area contributed by atoms with E-state index in [0.29, 0.717) is 12.5 Å². The number of guanidine groups is 1. The van der Waals surface area contributed by atoms with Gasteiger partial charge in [-0.3, -0.25) is 0 Å². The summed E-state index contributed by atoms with van der Waals surface area (Å²) in [7, 11) is 0. The average Bonchev–Trinajstić information content (AvgIpc) is 2.60. The van der Waals surface area contributed by atoms with Gasteiger partial charge in [-0.2, -0.15) is 0 Å². The molecule has 6 heteroatoms. The monoisotopic (exact) mass is 210 g/mol. The van der Waals surface area contributed by atoms with Crippen molar-refractivity contribution in [1.29, 1.82) is 0 Å². The minimum Gasteiger partial charge on any atom is -0.370 e. The Kier molecular flexibility index (Phi) is 4.08. The van der Waals surface area contributed by atoms with Crippen molar-refractivity contribution in [2.75, 3.05) is 0 Å². The second kappa shape index (κ2) is 5.33. The molecule has 0 saturated carbocycles. The van der Waals surface area contributed by atoms with Crippen molar-refractivity contribution in [3.05, 3.63) is 12.2 Å². The van der Waals surface area contributed by atoms with Gasteiger partial charge in [0, 0.05) is 12.6 Å². The summed E-state index contributed by atoms with van der Waals surface area (Å²) in [6.45, 7) is 7.36. The summed E-state index contributed by atoms with van der Waals surface area (Å²) in [6, 6.07) is 0.290. The van der Waals surface area contributed by atoms with Crippen molar-refractivity contribution in [2.45, 2.75) is 39.9 Å². The van der Waals surface area contributed by atoms with Crippen LogP contribution in [0, 0.1) is 0 Å². The van der Waals surface area contributed by atoms with Gasteiger partial charge < -0.3 is 15.6 Å². The number of aromatic nitrogens is 3. The van der Waals surface area contributed by atoms with E-state index in [0.717, 1.165) is 12.4 Å². The van der Waals surface area contributed by atoms with E-state index in [-0.39, 0.29) is 6.04 Å². The standard InChI is InChI=1S/C9H18N6/c1-4-15-6-12-14-8(15)5-11-9(10)13-7(2)3/h6-7H,4-5H2,1-3H3,(H3,10,11,13). The third-order valence-electron chi connectivity index (χ3n) is 1.86. The first-order chi connectivity index (χ1) is 7.13. The first-order valence-corrected chi connectivity index (χ1v) is 5.06. The molecule has 0 amide bonds. The number of hydrogen-bond donors (Lipinski definition) is 2. The summed E-state index contributed by atoms with van der Waals surface area (Å²) in [5, 5.41) is 10.8. The minimum absolute atomic E-state index is 0.290. The Bertz CT molecular complexity index is 327. The molecule has 0 fully saturated rings. The molecule has 3 N–H and O–H groups in total. The first-order valence-electron chi connectivity index (χ1n) is 5.06. The molecule has 0 bridgehead atoms. The molecule has 84 valence electrons. The molecule has 1 aromatic heterocycles. The molecule has 0 saturated heterocycles. The lowest BCUT2D eigenvalue weighted by Crippen LogP contribution is -2.36. The number of nitrogens with two attached hydrogens (primary N) is 1. The highest BCUT2D eigenvalue weighted by Crippen LogP contribution is 1.96. The van der Waals surface area contributed by atoms with Gasteiger partial charge in [0.05, 0.1) is 0 Å². The molecule has 0 aromatic carbocycles. The van der Waals surface area contributed by atoms with Gasteiger partial charge in [-0.1, -0.05) is 0 Å². The van der Waals surface area contributed by atoms with Crippen molar-refractivity contribution >= 4 is 5.96 Å². The highest BCUT2D eigenvalue weighted by atomic mass is 15.3. The maximum Gasteiger partial charge on any atom is 0.189 e. The fraction of sp³-hybridized carbons (Fsp3) is 0.667. The van der Waals surface area contributed by atoms with E-state index in [1.807, 2.05) is 25.3 Å². The van der Waals surface area contributed by atoms with E-state index >= 15 is 0 Å². The van der Waals surface area contributed by atoms with Crippen LogP contribution in [0.25, 0.3) is 0 Å². The summed E-state index contributed by atoms with van der Waals surface area (Å²) < 4.78 is 1.94. The number of nitrogens with zero attached hydrogens (tertiary/aromatic N) is 4. The summed E-state index contributed by atoms with van der Waals surface area (Å²) >= 11 is 0. The van der Waals surface area contributed by atoms with Crippen LogP contribution in [0.4, 0.5) is 0 Å². The second-order valence-corrected chi connectivity index (χ2v) is 3.53. The van der Waals surface area contributed by atoms with Gasteiger partial charge in [-0.25, -0.2) is 4.99 Å². The SMILES string of the molecule is CCn1cnnc1CN=C(N)NC(C)C. The summed E-state index contributed by atoms with van der Waals surface area (Å²) in [5.41, 5.74) is 5.66. The molecule has 6 nitrogen and oxygen atoms in total. The molecule has 1 rings (SSSR count). The molecule has 0 atom stereocenters. The van der Waals surface area contributed by atoms with E-state index in [2.05, 4.69) is 20.5 Å². The molecule has 0 unspecified atom stereocenters. The fourth-order valence-electron chi connectivity index (χ4n) is 1.16. The van der Waals surface area contributed by atoms with Crippen molar-refractivity contribution < 1.29 is 0 Å². The number of aryl methyl sites for hydroxylation is 1. The Morgan fingerprint density at radius 1 is 1.67 bits per heavy atom. The summed E-state index contributed by atoms with van der Waals surface area (Å²) in [6.07, 6.45) is 1.69. The normalized spacial score (nSPS) is 12.1. The molecule has 15 heavy (non-hydrogen) atoms. The molecule has 1 aromatic rings. The van der Waals surface area contributed by atoms with Crippen molar-refractivity contribution in [3.63, 3.8) is 0 Å². The zero-order valence-electron chi connectivity index (χ0n) is 9.44. The molecule has 0 radical (unpaired) electrons. The van der Waals surface area contributed by atoms with E-state index in [1.165, 1.54) is 0 Å². The van der Waals surface area contributed by atoms with Crippen LogP contribution in [0.2, 0.25) is 0 Å². The zero-order valence-corrected chi connectivity index (χ0v) is 9.44. The van der Waals surface area contributed by atoms with Crippen molar-refractivity contribution in [3.8, 4) is 0 Å². The molecule has 0 aliphatic rings. The maximum atomic E-state index is 5.66. The third kappa shape index (κ3) is 3.57. The third-order valence-corrected chi connectivity index (χ3v) is 1.86. The molecule has 0 aliphatic carbocycles. The van der Waals surface area contributed by atoms with Crippen LogP contribution in [-0.2, 0) is 13.1 Å². The Morgan fingerprint density at radius 3 is 3.00 bits per heavy atom. The summed E-state index contributed by atoms with van der Waals surface area (Å²) in [5.74, 6) is 1.27. The maximum absolute atomic E-state index is 5.66. The van der Waals surface area contributed by atoms with Gasteiger partial charge >= 0.3 is 0 Å². The summed E-state index contributed by atoms with van der Waals surface area (Å²) in [4.78, 5) is 4.18. The van der Waals surface area contributed by atoms with Crippen LogP contribution in [0.3, 0.4) is 0 Å². The van der Waals surface area contributed by atoms with E-state index in [4.69, 9.17) is 5.73 Å². The Labute approximate surface area is 89.6 Å². The lowest BCUT2D eigenvalue weighted by molar-refractivity contribution is 0.689. The first kappa shape index (κ1) is 11.5. The van der Waals surface area contributed by atoms with E-state index < -0.39 is 0 Å². The number of aliphatic imine (C=N–C) groups is 1. The molecule has 1 heterocycles. The van der Waals surface area contributed by atoms with Gasteiger partial charge in [0.25, 0.3) is 0 Å². The zero-order chi connectivity index (χ0) is 11.3. The van der Waals surface area contributed by atoms with E-state index in [9.17, 15) is 0 Å². The van der Waals surface area contributed by atoms with Gasteiger partial charge in [-0.05, 0) is 20.8 Å². The van der Waals surface area contributed by atoms with Crippen LogP contribution in [0.15, 0.2) is 11.3 Å². The molecular weight excluding hydrogens is 192 g/mol. The molecule has 0 aliphatic heterocycles. The van der Waals surface area contributed by atoms with Crippen LogP contribution < -0.4 is 11.1 Å². The average molecular weight is 210 g/mol. The van der Waals surface area contributed by atoms with Crippen molar-refractivity contribution in [2.24, 2.45) is 10.7 Å². The lowest BCUT2D eigenvalue weighted by atomic mass is 10.4. The topological polar surface area (TPSA) is 81.1 Å². The number of hydrogen-bond acceptors (Lipinski definition) is 3. The van der Waals surface area contributed by atoms with Crippen LogP contribution in [0.5, 0.6) is 0 Å². The van der Waals surface area contributed by atoms with Crippen molar-refractivity contribution in [1.82, 2.24) is 20.1 Å². The minimum atomic E-state index is 0.290. The predicted octanol–water partition coefficient (Wildman–Crippen LogP) is 0.111. The highest BCUT2D eigenvalue weighted by molar-refractivity contribution is 5.77. The van der Waals surface area contributed by atoms with Gasteiger partial charge in [0.1, 0.15) is 12.9 Å². The number of rotatable bonds is 4. The predicted molar refractivity (Wildman–Crippen MR) is 59.3 cm³/mol. The Morgan fingerprint density at radius 2 is 2.40 bits per heavy atom. The quantitative estimate of drug-likeness (QED) is 0.546. The van der Waals surface area contributed by atoms with E-state index in [1.54, 1.807) is 6.33 Å². The molecule has 0 spiro atoms. The second-order valence-electron chi connectivity index (χ2n) is 3.53. The van der Waals surface area contributed by atoms with Gasteiger partial charge in [0.2, 0.25) is 0 Å². The Balaban J connectivity index is 2.55. The lowest BCUT2D eigenvalue weighted by Gasteiger charge is -2.08. The van der Waals surface area contributed by atoms with Gasteiger partial charge in [-0.15, -0.1) is 10.2 Å². The Hall–Kier alpha value is -1.59. The highest BCUT2D eigenvalue weighted by Gasteiger charge is 2.01. The largest absolute Gasteiger partial charge is 0.370 e. The molecular formula is C9H18N6.